The Morgan fingerprint density at radius 2 is 1.76 bits per heavy atom. The van der Waals surface area contributed by atoms with Crippen molar-refractivity contribution in [3.8, 4) is 5.75 Å². The molecular weight excluding hydrogens is 240 g/mol. The summed E-state index contributed by atoms with van der Waals surface area (Å²) in [5.41, 5.74) is 1.19. The van der Waals surface area contributed by atoms with Crippen molar-refractivity contribution >= 4 is 10.1 Å². The van der Waals surface area contributed by atoms with E-state index in [0.717, 1.165) is 18.6 Å². The Hall–Kier alpha value is -1.07. The first kappa shape index (κ1) is 14.0. The molecule has 17 heavy (non-hydrogen) atoms. The maximum atomic E-state index is 10.4. The van der Waals surface area contributed by atoms with Crippen molar-refractivity contribution in [2.45, 2.75) is 26.2 Å². The zero-order valence-corrected chi connectivity index (χ0v) is 10.7. The van der Waals surface area contributed by atoms with Crippen molar-refractivity contribution < 1.29 is 17.7 Å². The standard InChI is InChI=1S/C12H18O4S/c1-11-5-7-12(8-6-11)16-9-3-2-4-10-17(13,14)15/h5-8H,2-4,9-10H2,1H3,(H,13,14,15). The number of ether oxygens (including phenoxy) is 1. The predicted octanol–water partition coefficient (Wildman–Crippen LogP) is 2.43. The molecule has 0 unspecified atom stereocenters. The van der Waals surface area contributed by atoms with Gasteiger partial charge in [0, 0.05) is 0 Å². The van der Waals surface area contributed by atoms with Crippen molar-refractivity contribution in [2.24, 2.45) is 0 Å². The molecule has 0 bridgehead atoms. The summed E-state index contributed by atoms with van der Waals surface area (Å²) in [5.74, 6) is 0.655. The van der Waals surface area contributed by atoms with E-state index in [1.807, 2.05) is 31.2 Å². The van der Waals surface area contributed by atoms with Gasteiger partial charge >= 0.3 is 0 Å². The zero-order valence-electron chi connectivity index (χ0n) is 9.93. The van der Waals surface area contributed by atoms with Crippen LogP contribution in [0.5, 0.6) is 5.75 Å². The van der Waals surface area contributed by atoms with Gasteiger partial charge in [0.05, 0.1) is 12.4 Å². The fourth-order valence-corrected chi connectivity index (χ4v) is 1.96. The van der Waals surface area contributed by atoms with Gasteiger partial charge in [-0.2, -0.15) is 8.42 Å². The summed E-state index contributed by atoms with van der Waals surface area (Å²) in [6, 6.07) is 7.78. The predicted molar refractivity (Wildman–Crippen MR) is 66.9 cm³/mol. The van der Waals surface area contributed by atoms with E-state index < -0.39 is 10.1 Å². The van der Waals surface area contributed by atoms with Crippen LogP contribution in [-0.2, 0) is 10.1 Å². The molecule has 1 rings (SSSR count). The van der Waals surface area contributed by atoms with Crippen LogP contribution < -0.4 is 4.74 Å². The van der Waals surface area contributed by atoms with Crippen LogP contribution in [-0.4, -0.2) is 25.3 Å². The molecule has 0 saturated heterocycles. The average Bonchev–Trinajstić information content (AvgIpc) is 2.24. The number of hydrogen-bond acceptors (Lipinski definition) is 3. The second kappa shape index (κ2) is 6.61. The van der Waals surface area contributed by atoms with Crippen LogP contribution >= 0.6 is 0 Å². The van der Waals surface area contributed by atoms with Crippen LogP contribution in [0, 0.1) is 6.92 Å². The van der Waals surface area contributed by atoms with Gasteiger partial charge in [-0.05, 0) is 38.3 Å². The van der Waals surface area contributed by atoms with Gasteiger partial charge in [-0.3, -0.25) is 4.55 Å². The number of benzene rings is 1. The van der Waals surface area contributed by atoms with E-state index in [4.69, 9.17) is 9.29 Å². The molecule has 5 heteroatoms. The quantitative estimate of drug-likeness (QED) is 0.602. The minimum absolute atomic E-state index is 0.169. The lowest BCUT2D eigenvalue weighted by molar-refractivity contribution is 0.306. The molecule has 0 saturated carbocycles. The molecule has 1 aromatic rings. The Morgan fingerprint density at radius 1 is 1.12 bits per heavy atom. The smallest absolute Gasteiger partial charge is 0.264 e. The summed E-state index contributed by atoms with van der Waals surface area (Å²) in [7, 11) is -3.81. The molecule has 0 radical (unpaired) electrons. The number of rotatable bonds is 7. The summed E-state index contributed by atoms with van der Waals surface area (Å²) in [4.78, 5) is 0. The van der Waals surface area contributed by atoms with Gasteiger partial charge in [0.15, 0.2) is 0 Å². The Labute approximate surface area is 102 Å². The fraction of sp³-hybridized carbons (Fsp3) is 0.500. The molecule has 0 aromatic heterocycles. The van der Waals surface area contributed by atoms with Crippen molar-refractivity contribution in [3.05, 3.63) is 29.8 Å². The van der Waals surface area contributed by atoms with E-state index in [0.29, 0.717) is 13.0 Å². The number of unbranched alkanes of at least 4 members (excludes halogenated alkanes) is 2. The minimum atomic E-state index is -3.81. The SMILES string of the molecule is Cc1ccc(OCCCCCS(=O)(=O)O)cc1. The first-order chi connectivity index (χ1) is 7.97. The summed E-state index contributed by atoms with van der Waals surface area (Å²) in [5, 5.41) is 0. The molecule has 0 aliphatic heterocycles. The highest BCUT2D eigenvalue weighted by Gasteiger charge is 2.03. The molecule has 0 heterocycles. The maximum absolute atomic E-state index is 10.4. The number of hydrogen-bond donors (Lipinski definition) is 1. The average molecular weight is 258 g/mol. The molecule has 96 valence electrons. The Kier molecular flexibility index (Phi) is 5.44. The highest BCUT2D eigenvalue weighted by Crippen LogP contribution is 2.12. The lowest BCUT2D eigenvalue weighted by Gasteiger charge is -2.05. The highest BCUT2D eigenvalue weighted by atomic mass is 32.2. The summed E-state index contributed by atoms with van der Waals surface area (Å²) >= 11 is 0. The Balaban J connectivity index is 2.10. The number of aryl methyl sites for hydroxylation is 1. The van der Waals surface area contributed by atoms with Crippen LogP contribution in [0.15, 0.2) is 24.3 Å². The van der Waals surface area contributed by atoms with E-state index in [9.17, 15) is 8.42 Å². The lowest BCUT2D eigenvalue weighted by atomic mass is 10.2. The van der Waals surface area contributed by atoms with Crippen LogP contribution in [0.1, 0.15) is 24.8 Å². The van der Waals surface area contributed by atoms with Gasteiger partial charge in [0.1, 0.15) is 5.75 Å². The molecule has 4 nitrogen and oxygen atoms in total. The van der Waals surface area contributed by atoms with E-state index >= 15 is 0 Å². The van der Waals surface area contributed by atoms with E-state index in [1.54, 1.807) is 0 Å². The van der Waals surface area contributed by atoms with Crippen molar-refractivity contribution in [3.63, 3.8) is 0 Å². The lowest BCUT2D eigenvalue weighted by Crippen LogP contribution is -2.04. The monoisotopic (exact) mass is 258 g/mol. The van der Waals surface area contributed by atoms with Gasteiger partial charge in [-0.1, -0.05) is 17.7 Å². The topological polar surface area (TPSA) is 63.6 Å². The van der Waals surface area contributed by atoms with Gasteiger partial charge in [-0.15, -0.1) is 0 Å². The van der Waals surface area contributed by atoms with Gasteiger partial charge < -0.3 is 4.74 Å². The molecule has 0 atom stereocenters. The Morgan fingerprint density at radius 3 is 2.35 bits per heavy atom. The normalized spacial score (nSPS) is 11.4. The fourth-order valence-electron chi connectivity index (χ4n) is 1.39. The Bertz CT molecular complexity index is 422. The third kappa shape index (κ3) is 6.97. The summed E-state index contributed by atoms with van der Waals surface area (Å²) in [6.45, 7) is 2.58. The molecule has 0 fully saturated rings. The van der Waals surface area contributed by atoms with E-state index in [1.165, 1.54) is 5.56 Å². The third-order valence-corrected chi connectivity index (χ3v) is 3.14. The molecule has 0 amide bonds. The molecule has 0 aliphatic carbocycles. The molecule has 1 N–H and O–H groups in total. The summed E-state index contributed by atoms with van der Waals surface area (Å²) in [6.07, 6.45) is 1.98. The van der Waals surface area contributed by atoms with Crippen molar-refractivity contribution in [1.82, 2.24) is 0 Å². The van der Waals surface area contributed by atoms with Crippen LogP contribution in [0.2, 0.25) is 0 Å². The molecule has 0 aliphatic rings. The van der Waals surface area contributed by atoms with Crippen molar-refractivity contribution in [1.29, 1.82) is 0 Å². The maximum Gasteiger partial charge on any atom is 0.264 e. The van der Waals surface area contributed by atoms with Crippen LogP contribution in [0.3, 0.4) is 0 Å². The molecule has 1 aromatic carbocycles. The van der Waals surface area contributed by atoms with Crippen LogP contribution in [0.4, 0.5) is 0 Å². The minimum Gasteiger partial charge on any atom is -0.494 e. The highest BCUT2D eigenvalue weighted by molar-refractivity contribution is 7.85. The van der Waals surface area contributed by atoms with Crippen molar-refractivity contribution in [2.75, 3.05) is 12.4 Å². The summed E-state index contributed by atoms with van der Waals surface area (Å²) < 4.78 is 34.9. The van der Waals surface area contributed by atoms with Gasteiger partial charge in [0.2, 0.25) is 0 Å². The largest absolute Gasteiger partial charge is 0.494 e. The van der Waals surface area contributed by atoms with E-state index in [2.05, 4.69) is 0 Å². The first-order valence-corrected chi connectivity index (χ1v) is 7.23. The van der Waals surface area contributed by atoms with Gasteiger partial charge in [0.25, 0.3) is 10.1 Å². The second-order valence-corrected chi connectivity index (χ2v) is 5.58. The molecular formula is C12H18O4S. The van der Waals surface area contributed by atoms with Gasteiger partial charge in [-0.25, -0.2) is 0 Å². The van der Waals surface area contributed by atoms with E-state index in [-0.39, 0.29) is 5.75 Å². The third-order valence-electron chi connectivity index (χ3n) is 2.34. The zero-order chi connectivity index (χ0) is 12.7. The second-order valence-electron chi connectivity index (χ2n) is 4.01. The first-order valence-electron chi connectivity index (χ1n) is 5.62. The van der Waals surface area contributed by atoms with Crippen LogP contribution in [0.25, 0.3) is 0 Å². The molecule has 0 spiro atoms.